The summed E-state index contributed by atoms with van der Waals surface area (Å²) in [5.74, 6) is -2.01. The van der Waals surface area contributed by atoms with Gasteiger partial charge in [0.25, 0.3) is 0 Å². The van der Waals surface area contributed by atoms with Crippen LogP contribution in [0.1, 0.15) is 0 Å². The van der Waals surface area contributed by atoms with Gasteiger partial charge in [-0.1, -0.05) is 0 Å². The summed E-state index contributed by atoms with van der Waals surface area (Å²) in [7, 11) is -1.18. The van der Waals surface area contributed by atoms with Gasteiger partial charge in [-0.05, 0) is 0 Å². The molecule has 0 saturated heterocycles. The van der Waals surface area contributed by atoms with Crippen LogP contribution in [0.4, 0.5) is 0 Å². The predicted molar refractivity (Wildman–Crippen MR) is 66.2 cm³/mol. The molecule has 0 atom stereocenters. The van der Waals surface area contributed by atoms with Gasteiger partial charge in [-0.3, -0.25) is 0 Å². The molecule has 0 aliphatic carbocycles. The largest absolute Gasteiger partial charge is 1.00 e. The Morgan fingerprint density at radius 2 is 0.750 bits per heavy atom. The molecule has 0 heterocycles. The standard InChI is InChI=1S/2C5H6NO5P.4Na/c2*7-4(8)1-6(3-12-11)2-5(9)10;;;;/h2*1-2H2,(H,7,8)(H,9,10);;;;/q;;4*+1/p-4. The van der Waals surface area contributed by atoms with Crippen LogP contribution in [0.3, 0.4) is 0 Å². The van der Waals surface area contributed by atoms with E-state index < -0.39 is 65.9 Å². The summed E-state index contributed by atoms with van der Waals surface area (Å²) in [6.07, 6.45) is 0. The van der Waals surface area contributed by atoms with E-state index in [0.29, 0.717) is 9.80 Å². The van der Waals surface area contributed by atoms with Crippen molar-refractivity contribution in [2.24, 2.45) is 0 Å². The van der Waals surface area contributed by atoms with Crippen molar-refractivity contribution in [3.05, 3.63) is 0 Å². The number of carboxylic acid groups (broad SMARTS) is 4. The smallest absolute Gasteiger partial charge is 1.00 e. The molecule has 0 bridgehead atoms. The van der Waals surface area contributed by atoms with Crippen molar-refractivity contribution in [3.8, 4) is 11.5 Å². The average molecular weight is 470 g/mol. The van der Waals surface area contributed by atoms with Crippen molar-refractivity contribution < 1.29 is 167 Å². The fourth-order valence-electron chi connectivity index (χ4n) is 0.992. The van der Waals surface area contributed by atoms with E-state index in [2.05, 4.69) is 0 Å². The molecule has 0 aromatic carbocycles. The molecule has 28 heavy (non-hydrogen) atoms. The Balaban J connectivity index is -0.0000000756. The molecule has 0 aromatic heterocycles. The van der Waals surface area contributed by atoms with Crippen molar-refractivity contribution in [2.75, 3.05) is 26.2 Å². The maximum Gasteiger partial charge on any atom is 1.00 e. The summed E-state index contributed by atoms with van der Waals surface area (Å²) < 4.78 is 19.8. The Kier molecular flexibility index (Phi) is 44.9. The van der Waals surface area contributed by atoms with Crippen LogP contribution >= 0.6 is 15.8 Å². The van der Waals surface area contributed by atoms with Gasteiger partial charge in [0.2, 0.25) is 0 Å². The van der Waals surface area contributed by atoms with Crippen LogP contribution in [0.5, 0.6) is 0 Å². The Labute approximate surface area is 250 Å². The molecule has 0 fully saturated rings. The molecular weight excluding hydrogens is 462 g/mol. The van der Waals surface area contributed by atoms with E-state index in [1.165, 1.54) is 0 Å². The molecule has 0 aliphatic rings. The van der Waals surface area contributed by atoms with E-state index >= 15 is 0 Å². The second kappa shape index (κ2) is 28.8. The summed E-state index contributed by atoms with van der Waals surface area (Å²) >= 11 is 0. The number of rotatable bonds is 8. The first-order valence-corrected chi connectivity index (χ1v) is 7.20. The van der Waals surface area contributed by atoms with Gasteiger partial charge in [-0.25, -0.2) is 0 Å². The molecule has 132 valence electrons. The number of carboxylic acids is 4. The number of carbonyl (C=O) groups is 4. The monoisotopic (exact) mass is 470 g/mol. The zero-order chi connectivity index (χ0) is 19.1. The minimum atomic E-state index is -1.48. The molecule has 0 aromatic rings. The van der Waals surface area contributed by atoms with E-state index in [-0.39, 0.29) is 118 Å². The van der Waals surface area contributed by atoms with Crippen LogP contribution < -0.4 is 139 Å². The van der Waals surface area contributed by atoms with E-state index in [0.717, 1.165) is 0 Å². The summed E-state index contributed by atoms with van der Waals surface area (Å²) in [4.78, 5) is 41.2. The first-order chi connectivity index (χ1) is 11.1. The van der Waals surface area contributed by atoms with Gasteiger partial charge >= 0.3 is 254 Å². The second-order valence-corrected chi connectivity index (χ2v) is 4.35. The van der Waals surface area contributed by atoms with Gasteiger partial charge in [-0.2, -0.15) is 0 Å². The Hall–Kier alpha value is 1.82. The SMILES string of the molecule is O=P#CN(CC(=O)[O-])CC(=O)[O-].O=P#CN(CC(=O)[O-])CC(=O)[O-].[Na+].[Na+].[Na+].[Na+]. The van der Waals surface area contributed by atoms with E-state index in [1.807, 2.05) is 11.5 Å². The minimum Gasteiger partial charge on any atom is 1.00 e. The molecule has 12 nitrogen and oxygen atoms in total. The summed E-state index contributed by atoms with van der Waals surface area (Å²) in [5.41, 5.74) is 0. The summed E-state index contributed by atoms with van der Waals surface area (Å²) in [6.45, 7) is -2.71. The van der Waals surface area contributed by atoms with E-state index in [4.69, 9.17) is 0 Å². The van der Waals surface area contributed by atoms with Crippen molar-refractivity contribution in [1.82, 2.24) is 9.80 Å². The number of carbonyl (C=O) groups excluding carboxylic acids is 4. The topological polar surface area (TPSA) is 201 Å². The Morgan fingerprint density at radius 3 is 0.857 bits per heavy atom. The van der Waals surface area contributed by atoms with Crippen molar-refractivity contribution in [3.63, 3.8) is 0 Å². The molecular formula is C10H8N2Na4O10P2. The Bertz CT molecular complexity index is 607. The molecule has 0 amide bonds. The van der Waals surface area contributed by atoms with Crippen molar-refractivity contribution >= 4 is 39.7 Å². The minimum absolute atomic E-state index is 0. The fourth-order valence-corrected chi connectivity index (χ4v) is 1.51. The molecule has 0 radical (unpaired) electrons. The molecule has 0 saturated carbocycles. The van der Waals surface area contributed by atoms with Crippen molar-refractivity contribution in [1.29, 1.82) is 0 Å². The van der Waals surface area contributed by atoms with E-state index in [1.54, 1.807) is 0 Å². The number of nitrogens with zero attached hydrogens (tertiary/aromatic N) is 2. The van der Waals surface area contributed by atoms with E-state index in [9.17, 15) is 48.7 Å². The third-order valence-corrected chi connectivity index (χ3v) is 2.37. The fraction of sp³-hybridized carbons (Fsp3) is 0.400. The number of aliphatic carboxylic acids is 4. The maximum atomic E-state index is 9.95. The van der Waals surface area contributed by atoms with Crippen LogP contribution in [0, 0.1) is 11.5 Å². The van der Waals surface area contributed by atoms with Crippen LogP contribution in [-0.4, -0.2) is 59.9 Å². The Morgan fingerprint density at radius 1 is 0.571 bits per heavy atom. The molecule has 18 heteroatoms. The van der Waals surface area contributed by atoms with Gasteiger partial charge in [0.15, 0.2) is 0 Å². The molecule has 0 spiro atoms. The first-order valence-electron chi connectivity index (χ1n) is 5.57. The number of hydrogen-bond acceptors (Lipinski definition) is 12. The van der Waals surface area contributed by atoms with Gasteiger partial charge in [0.1, 0.15) is 0 Å². The zero-order valence-corrected chi connectivity index (χ0v) is 25.5. The second-order valence-electron chi connectivity index (χ2n) is 3.58. The number of hydrogen-bond donors (Lipinski definition) is 0. The molecule has 0 aliphatic heterocycles. The van der Waals surface area contributed by atoms with Crippen LogP contribution in [0.15, 0.2) is 0 Å². The van der Waals surface area contributed by atoms with Crippen LogP contribution in [0.2, 0.25) is 0 Å². The third kappa shape index (κ3) is 35.3. The van der Waals surface area contributed by atoms with Crippen molar-refractivity contribution in [2.45, 2.75) is 0 Å². The van der Waals surface area contributed by atoms with Gasteiger partial charge in [-0.15, -0.1) is 0 Å². The molecule has 0 N–H and O–H groups in total. The van der Waals surface area contributed by atoms with Gasteiger partial charge < -0.3 is 0 Å². The first kappa shape index (κ1) is 43.7. The van der Waals surface area contributed by atoms with Gasteiger partial charge in [0.05, 0.1) is 0 Å². The quantitative estimate of drug-likeness (QED) is 0.185. The average Bonchev–Trinajstić information content (AvgIpc) is 2.36. The predicted octanol–water partition coefficient (Wildman–Crippen LogP) is -18.0. The summed E-state index contributed by atoms with van der Waals surface area (Å²) in [5, 5.41) is 39.8. The molecule has 0 rings (SSSR count). The summed E-state index contributed by atoms with van der Waals surface area (Å²) in [6, 6.07) is 0. The molecule has 0 unspecified atom stereocenters. The maximum absolute atomic E-state index is 9.95. The normalized spacial score (nSPS) is 7.79. The van der Waals surface area contributed by atoms with Crippen LogP contribution in [-0.2, 0) is 28.3 Å². The third-order valence-electron chi connectivity index (χ3n) is 1.64. The van der Waals surface area contributed by atoms with Crippen LogP contribution in [0.25, 0.3) is 0 Å². The zero-order valence-electron chi connectivity index (χ0n) is 15.7. The van der Waals surface area contributed by atoms with Gasteiger partial charge in [0, 0.05) is 0 Å².